The Labute approximate surface area is 196 Å². The summed E-state index contributed by atoms with van der Waals surface area (Å²) in [6, 6.07) is 20.4. The monoisotopic (exact) mass is 476 g/mol. The van der Waals surface area contributed by atoms with Crippen LogP contribution in [0.15, 0.2) is 89.5 Å². The van der Waals surface area contributed by atoms with E-state index in [0.29, 0.717) is 0 Å². The van der Waals surface area contributed by atoms with Crippen LogP contribution < -0.4 is 10.1 Å². The van der Waals surface area contributed by atoms with Crippen LogP contribution in [0.5, 0.6) is 5.75 Å². The number of amides is 1. The highest BCUT2D eigenvalue weighted by atomic mass is 32.2. The van der Waals surface area contributed by atoms with Crippen LogP contribution in [0.3, 0.4) is 0 Å². The molecule has 0 aromatic heterocycles. The van der Waals surface area contributed by atoms with Gasteiger partial charge in [0.15, 0.2) is 0 Å². The van der Waals surface area contributed by atoms with Gasteiger partial charge in [0.2, 0.25) is 5.78 Å². The molecule has 172 valence electrons. The lowest BCUT2D eigenvalue weighted by Crippen LogP contribution is -2.39. The molecule has 0 fully saturated rings. The molecule has 9 heteroatoms. The van der Waals surface area contributed by atoms with Gasteiger partial charge in [0.1, 0.15) is 11.4 Å². The van der Waals surface area contributed by atoms with Gasteiger partial charge >= 0.3 is 5.97 Å². The predicted molar refractivity (Wildman–Crippen MR) is 124 cm³/mol. The quantitative estimate of drug-likeness (QED) is 0.344. The lowest BCUT2D eigenvalue weighted by molar-refractivity contribution is -0.131. The first-order chi connectivity index (χ1) is 16.2. The van der Waals surface area contributed by atoms with Crippen molar-refractivity contribution in [1.29, 1.82) is 0 Å². The highest BCUT2D eigenvalue weighted by Gasteiger charge is 2.38. The third kappa shape index (κ3) is 4.08. The molecular formula is C25H20N2O6S. The van der Waals surface area contributed by atoms with Crippen molar-refractivity contribution in [2.75, 3.05) is 7.05 Å². The lowest BCUT2D eigenvalue weighted by Gasteiger charge is -2.31. The first kappa shape index (κ1) is 22.9. The van der Waals surface area contributed by atoms with Crippen molar-refractivity contribution >= 4 is 33.4 Å². The molecule has 34 heavy (non-hydrogen) atoms. The summed E-state index contributed by atoms with van der Waals surface area (Å²) in [4.78, 5) is 38.2. The second-order valence-corrected chi connectivity index (χ2v) is 9.37. The number of esters is 1. The maximum atomic E-state index is 13.5. The normalized spacial score (nSPS) is 14.2. The number of hydrogen-bond acceptors (Lipinski definition) is 6. The van der Waals surface area contributed by atoms with Gasteiger partial charge in [0, 0.05) is 25.1 Å². The first-order valence-corrected chi connectivity index (χ1v) is 11.7. The van der Waals surface area contributed by atoms with Crippen molar-refractivity contribution in [3.05, 3.63) is 101 Å². The molecule has 0 saturated heterocycles. The molecule has 1 aliphatic heterocycles. The Morgan fingerprint density at radius 2 is 1.47 bits per heavy atom. The Morgan fingerprint density at radius 1 is 0.853 bits per heavy atom. The number of para-hydroxylation sites is 1. The van der Waals surface area contributed by atoms with Gasteiger partial charge in [-0.05, 0) is 18.2 Å². The molecule has 0 radical (unpaired) electrons. The predicted octanol–water partition coefficient (Wildman–Crippen LogP) is 3.23. The largest absolute Gasteiger partial charge is 0.426 e. The summed E-state index contributed by atoms with van der Waals surface area (Å²) in [5.74, 6) is -1.82. The molecule has 3 aromatic rings. The van der Waals surface area contributed by atoms with Gasteiger partial charge in [-0.25, -0.2) is 8.42 Å². The minimum atomic E-state index is -4.05. The number of hydrogen-bond donors (Lipinski definition) is 1. The molecule has 0 unspecified atom stereocenters. The summed E-state index contributed by atoms with van der Waals surface area (Å²) in [5.41, 5.74) is 0.307. The first-order valence-electron chi connectivity index (χ1n) is 10.2. The maximum absolute atomic E-state index is 13.5. The number of carbonyl (C=O) groups excluding carboxylic acids is 3. The molecule has 0 spiro atoms. The van der Waals surface area contributed by atoms with Crippen LogP contribution in [-0.4, -0.2) is 37.4 Å². The summed E-state index contributed by atoms with van der Waals surface area (Å²) in [7, 11) is -2.78. The average Bonchev–Trinajstić information content (AvgIpc) is 2.83. The molecule has 3 aromatic carbocycles. The summed E-state index contributed by atoms with van der Waals surface area (Å²) in [6.45, 7) is 1.21. The van der Waals surface area contributed by atoms with E-state index in [2.05, 4.69) is 5.32 Å². The molecule has 1 amide bonds. The maximum Gasteiger partial charge on any atom is 0.308 e. The van der Waals surface area contributed by atoms with Crippen molar-refractivity contribution < 1.29 is 27.5 Å². The van der Waals surface area contributed by atoms with Gasteiger partial charge in [-0.15, -0.1) is 0 Å². The molecule has 0 atom stereocenters. The van der Waals surface area contributed by atoms with E-state index in [4.69, 9.17) is 4.74 Å². The Kier molecular flexibility index (Phi) is 6.04. The summed E-state index contributed by atoms with van der Waals surface area (Å²) < 4.78 is 32.4. The molecule has 1 aliphatic rings. The second-order valence-electron chi connectivity index (χ2n) is 7.43. The SMILES string of the molecule is CC(=O)Oc1ccccc1C(=O)NC1=C(C(=O)c2ccccc2)N(C)S(=O)(=O)c2ccccc21. The smallest absolute Gasteiger partial charge is 0.308 e. The van der Waals surface area contributed by atoms with E-state index in [1.165, 1.54) is 38.2 Å². The van der Waals surface area contributed by atoms with E-state index < -0.39 is 27.7 Å². The summed E-state index contributed by atoms with van der Waals surface area (Å²) in [6.07, 6.45) is 0. The van der Waals surface area contributed by atoms with Gasteiger partial charge in [-0.1, -0.05) is 60.7 Å². The highest BCUT2D eigenvalue weighted by molar-refractivity contribution is 7.89. The molecule has 0 aliphatic carbocycles. The molecule has 0 saturated carbocycles. The number of nitrogens with one attached hydrogen (secondary N) is 1. The van der Waals surface area contributed by atoms with E-state index in [0.717, 1.165) is 4.31 Å². The van der Waals surface area contributed by atoms with E-state index in [-0.39, 0.29) is 38.7 Å². The lowest BCUT2D eigenvalue weighted by atomic mass is 10.0. The topological polar surface area (TPSA) is 110 Å². The van der Waals surface area contributed by atoms with Gasteiger partial charge in [0.05, 0.1) is 16.2 Å². The van der Waals surface area contributed by atoms with Crippen LogP contribution in [0.1, 0.15) is 33.2 Å². The van der Waals surface area contributed by atoms with E-state index in [1.54, 1.807) is 54.6 Å². The minimum Gasteiger partial charge on any atom is -0.426 e. The van der Waals surface area contributed by atoms with E-state index in [9.17, 15) is 22.8 Å². The Morgan fingerprint density at radius 3 is 2.18 bits per heavy atom. The Bertz CT molecular complexity index is 1440. The van der Waals surface area contributed by atoms with Crippen molar-refractivity contribution in [3.8, 4) is 5.75 Å². The van der Waals surface area contributed by atoms with E-state index in [1.807, 2.05) is 0 Å². The van der Waals surface area contributed by atoms with Gasteiger partial charge in [-0.2, -0.15) is 0 Å². The number of nitrogens with zero attached hydrogens (tertiary/aromatic N) is 1. The fourth-order valence-corrected chi connectivity index (χ4v) is 5.05. The average molecular weight is 477 g/mol. The molecule has 4 rings (SSSR count). The molecule has 1 N–H and O–H groups in total. The molecule has 8 nitrogen and oxygen atoms in total. The van der Waals surface area contributed by atoms with Crippen LogP contribution >= 0.6 is 0 Å². The number of sulfonamides is 1. The number of ether oxygens (including phenoxy) is 1. The van der Waals surface area contributed by atoms with Crippen LogP contribution in [0.25, 0.3) is 5.70 Å². The van der Waals surface area contributed by atoms with Crippen molar-refractivity contribution in [2.24, 2.45) is 0 Å². The third-order valence-corrected chi connectivity index (χ3v) is 7.04. The molecule has 0 bridgehead atoms. The van der Waals surface area contributed by atoms with Gasteiger partial charge < -0.3 is 10.1 Å². The zero-order chi connectivity index (χ0) is 24.5. The zero-order valence-electron chi connectivity index (χ0n) is 18.3. The van der Waals surface area contributed by atoms with Crippen molar-refractivity contribution in [2.45, 2.75) is 11.8 Å². The summed E-state index contributed by atoms with van der Waals surface area (Å²) >= 11 is 0. The Hall–Kier alpha value is -4.24. The van der Waals surface area contributed by atoms with Crippen molar-refractivity contribution in [1.82, 2.24) is 9.62 Å². The number of ketones is 1. The fourth-order valence-electron chi connectivity index (χ4n) is 3.64. The molecule has 1 heterocycles. The number of fused-ring (bicyclic) bond motifs is 1. The number of rotatable bonds is 5. The standard InChI is InChI=1S/C25H20N2O6S/c1-16(28)33-20-14-8-6-12-18(20)25(30)26-22-19-13-7-9-15-21(19)34(31,32)27(2)23(22)24(29)17-10-4-3-5-11-17/h3-15H,1-2H3,(H,26,30). The van der Waals surface area contributed by atoms with E-state index >= 15 is 0 Å². The highest BCUT2D eigenvalue weighted by Crippen LogP contribution is 2.36. The number of likely N-dealkylation sites (N-methyl/N-ethyl adjacent to an activating group) is 1. The van der Waals surface area contributed by atoms with Crippen LogP contribution in [-0.2, 0) is 14.8 Å². The van der Waals surface area contributed by atoms with Crippen molar-refractivity contribution in [3.63, 3.8) is 0 Å². The van der Waals surface area contributed by atoms with Gasteiger partial charge in [0.25, 0.3) is 15.9 Å². The minimum absolute atomic E-state index is 0.0319. The Balaban J connectivity index is 1.90. The number of Topliss-reactive ketones (excluding diaryl/α,β-unsaturated/α-hetero) is 1. The second kappa shape index (κ2) is 8.95. The van der Waals surface area contributed by atoms with Crippen LogP contribution in [0.2, 0.25) is 0 Å². The number of carbonyl (C=O) groups is 3. The van der Waals surface area contributed by atoms with Gasteiger partial charge in [-0.3, -0.25) is 18.7 Å². The summed E-state index contributed by atoms with van der Waals surface area (Å²) in [5, 5.41) is 2.70. The molecular weight excluding hydrogens is 456 g/mol. The zero-order valence-corrected chi connectivity index (χ0v) is 19.1. The van der Waals surface area contributed by atoms with Crippen LogP contribution in [0.4, 0.5) is 0 Å². The third-order valence-electron chi connectivity index (χ3n) is 5.22. The number of benzene rings is 3. The van der Waals surface area contributed by atoms with Crippen LogP contribution in [0, 0.1) is 0 Å². The number of allylic oxidation sites excluding steroid dienone is 1. The fraction of sp³-hybridized carbons (Fsp3) is 0.0800.